The molecule has 0 radical (unpaired) electrons. The van der Waals surface area contributed by atoms with Gasteiger partial charge in [-0.25, -0.2) is 0 Å². The molecule has 0 bridgehead atoms. The van der Waals surface area contributed by atoms with Gasteiger partial charge in [0, 0.05) is 12.5 Å². The summed E-state index contributed by atoms with van der Waals surface area (Å²) in [7, 11) is 1.73. The van der Waals surface area contributed by atoms with Crippen molar-refractivity contribution in [3.8, 4) is 5.75 Å². The predicted molar refractivity (Wildman–Crippen MR) is 81.1 cm³/mol. The quantitative estimate of drug-likeness (QED) is 0.850. The van der Waals surface area contributed by atoms with Gasteiger partial charge in [0.1, 0.15) is 5.75 Å². The van der Waals surface area contributed by atoms with Crippen molar-refractivity contribution < 1.29 is 9.84 Å². The van der Waals surface area contributed by atoms with Gasteiger partial charge in [0.05, 0.1) is 7.11 Å². The molecule has 108 valence electrons. The molecule has 0 unspecified atom stereocenters. The largest absolute Gasteiger partial charge is 0.497 e. The molecule has 2 aliphatic rings. The first-order valence-electron chi connectivity index (χ1n) is 7.58. The minimum Gasteiger partial charge on any atom is -0.497 e. The van der Waals surface area contributed by atoms with Crippen molar-refractivity contribution in [3.63, 3.8) is 0 Å². The van der Waals surface area contributed by atoms with Crippen LogP contribution in [0.15, 0.2) is 29.8 Å². The number of methoxy groups -OCH3 is 1. The van der Waals surface area contributed by atoms with E-state index in [1.807, 2.05) is 0 Å². The van der Waals surface area contributed by atoms with Gasteiger partial charge in [-0.3, -0.25) is 0 Å². The molecule has 2 aliphatic carbocycles. The number of allylic oxidation sites excluding steroid dienone is 1. The number of hydrogen-bond acceptors (Lipinski definition) is 2. The van der Waals surface area contributed by atoms with E-state index in [9.17, 15) is 5.11 Å². The zero-order valence-electron chi connectivity index (χ0n) is 12.6. The van der Waals surface area contributed by atoms with Crippen LogP contribution in [0.5, 0.6) is 5.75 Å². The summed E-state index contributed by atoms with van der Waals surface area (Å²) in [5, 5.41) is 9.51. The lowest BCUT2D eigenvalue weighted by atomic mass is 9.62. The van der Waals surface area contributed by atoms with Gasteiger partial charge in [0.15, 0.2) is 0 Å². The van der Waals surface area contributed by atoms with E-state index in [0.29, 0.717) is 5.92 Å². The Hall–Kier alpha value is -1.28. The van der Waals surface area contributed by atoms with Gasteiger partial charge in [-0.1, -0.05) is 31.6 Å². The maximum absolute atomic E-state index is 9.51. The maximum Gasteiger partial charge on any atom is 0.119 e. The highest BCUT2D eigenvalue weighted by Crippen LogP contribution is 2.57. The van der Waals surface area contributed by atoms with Crippen molar-refractivity contribution in [2.24, 2.45) is 11.3 Å². The molecule has 1 N–H and O–H groups in total. The molecule has 0 saturated heterocycles. The monoisotopic (exact) mass is 272 g/mol. The molecule has 3 atom stereocenters. The summed E-state index contributed by atoms with van der Waals surface area (Å²) >= 11 is 0. The van der Waals surface area contributed by atoms with E-state index in [4.69, 9.17) is 4.74 Å². The summed E-state index contributed by atoms with van der Waals surface area (Å²) in [6, 6.07) is 6.52. The molecule has 2 heteroatoms. The molecular weight excluding hydrogens is 248 g/mol. The number of benzene rings is 1. The summed E-state index contributed by atoms with van der Waals surface area (Å²) in [5.74, 6) is 1.81. The zero-order valence-corrected chi connectivity index (χ0v) is 12.6. The number of rotatable bonds is 3. The summed E-state index contributed by atoms with van der Waals surface area (Å²) < 4.78 is 5.35. The molecule has 0 aliphatic heterocycles. The van der Waals surface area contributed by atoms with Gasteiger partial charge in [0.25, 0.3) is 0 Å². The van der Waals surface area contributed by atoms with E-state index in [2.05, 4.69) is 38.1 Å². The van der Waals surface area contributed by atoms with Crippen molar-refractivity contribution in [3.05, 3.63) is 41.0 Å². The molecule has 0 amide bonds. The second-order valence-electron chi connectivity index (χ2n) is 6.51. The molecule has 0 saturated carbocycles. The lowest BCUT2D eigenvalue weighted by Gasteiger charge is -2.42. The van der Waals surface area contributed by atoms with Crippen LogP contribution in [-0.2, 0) is 6.42 Å². The lowest BCUT2D eigenvalue weighted by Crippen LogP contribution is -2.32. The number of hydrogen-bond donors (Lipinski definition) is 1. The summed E-state index contributed by atoms with van der Waals surface area (Å²) in [5.41, 5.74) is 4.62. The number of aliphatic hydroxyl groups excluding tert-OH is 1. The Morgan fingerprint density at radius 2 is 2.25 bits per heavy atom. The molecule has 0 spiro atoms. The van der Waals surface area contributed by atoms with Crippen LogP contribution in [0.4, 0.5) is 0 Å². The van der Waals surface area contributed by atoms with E-state index in [1.165, 1.54) is 23.1 Å². The number of aryl methyl sites for hydroxylation is 1. The Kier molecular flexibility index (Phi) is 3.37. The predicted octanol–water partition coefficient (Wildman–Crippen LogP) is 3.69. The topological polar surface area (TPSA) is 29.5 Å². The van der Waals surface area contributed by atoms with Crippen LogP contribution in [0.2, 0.25) is 0 Å². The Morgan fingerprint density at radius 1 is 1.45 bits per heavy atom. The third kappa shape index (κ3) is 1.89. The third-order valence-electron chi connectivity index (χ3n) is 5.45. The first kappa shape index (κ1) is 13.7. The fourth-order valence-electron chi connectivity index (χ4n) is 4.25. The highest BCUT2D eigenvalue weighted by Gasteiger charge is 2.46. The molecule has 0 aromatic heterocycles. The van der Waals surface area contributed by atoms with E-state index in [0.717, 1.165) is 18.6 Å². The standard InChI is InChI=1S/C18H24O2/c1-12(11-19)16-6-7-17-15-5-4-14(20-3)10-13(15)8-9-18(16,17)2/h4-6,10,12,17,19H,7-9,11H2,1-3H3/t12-,17+,18-/m1/s1. The highest BCUT2D eigenvalue weighted by molar-refractivity contribution is 5.45. The van der Waals surface area contributed by atoms with Crippen molar-refractivity contribution in [2.75, 3.05) is 13.7 Å². The molecule has 3 rings (SSSR count). The van der Waals surface area contributed by atoms with Crippen molar-refractivity contribution >= 4 is 0 Å². The second-order valence-corrected chi connectivity index (χ2v) is 6.51. The minimum atomic E-state index is 0.226. The third-order valence-corrected chi connectivity index (χ3v) is 5.45. The lowest BCUT2D eigenvalue weighted by molar-refractivity contribution is 0.213. The van der Waals surface area contributed by atoms with Crippen LogP contribution in [0.3, 0.4) is 0 Å². The average Bonchev–Trinajstić information content (AvgIpc) is 2.83. The van der Waals surface area contributed by atoms with Crippen LogP contribution in [0, 0.1) is 11.3 Å². The average molecular weight is 272 g/mol. The van der Waals surface area contributed by atoms with Crippen molar-refractivity contribution in [1.29, 1.82) is 0 Å². The minimum absolute atomic E-state index is 0.226. The fourth-order valence-corrected chi connectivity index (χ4v) is 4.25. The van der Waals surface area contributed by atoms with Crippen LogP contribution in [0.25, 0.3) is 0 Å². The number of aliphatic hydroxyl groups is 1. The van der Waals surface area contributed by atoms with Crippen LogP contribution in [0.1, 0.15) is 43.7 Å². The smallest absolute Gasteiger partial charge is 0.119 e. The second kappa shape index (κ2) is 4.92. The first-order valence-corrected chi connectivity index (χ1v) is 7.58. The van der Waals surface area contributed by atoms with E-state index < -0.39 is 0 Å². The summed E-state index contributed by atoms with van der Waals surface area (Å²) in [6.45, 7) is 4.78. The van der Waals surface area contributed by atoms with E-state index in [-0.39, 0.29) is 17.9 Å². The van der Waals surface area contributed by atoms with E-state index >= 15 is 0 Å². The van der Waals surface area contributed by atoms with Crippen molar-refractivity contribution in [1.82, 2.24) is 0 Å². The van der Waals surface area contributed by atoms with Crippen LogP contribution in [-0.4, -0.2) is 18.8 Å². The molecule has 0 fully saturated rings. The molecule has 1 aromatic carbocycles. The van der Waals surface area contributed by atoms with Crippen LogP contribution >= 0.6 is 0 Å². The van der Waals surface area contributed by atoms with E-state index in [1.54, 1.807) is 7.11 Å². The summed E-state index contributed by atoms with van der Waals surface area (Å²) in [6.07, 6.45) is 5.77. The highest BCUT2D eigenvalue weighted by atomic mass is 16.5. The maximum atomic E-state index is 9.51. The molecule has 1 aromatic rings. The van der Waals surface area contributed by atoms with Gasteiger partial charge < -0.3 is 9.84 Å². The Labute approximate surface area is 121 Å². The van der Waals surface area contributed by atoms with Gasteiger partial charge in [-0.05, 0) is 53.9 Å². The normalized spacial score (nSPS) is 29.4. The zero-order chi connectivity index (χ0) is 14.3. The number of ether oxygens (including phenoxy) is 1. The van der Waals surface area contributed by atoms with Gasteiger partial charge in [0.2, 0.25) is 0 Å². The Bertz CT molecular complexity index is 546. The SMILES string of the molecule is COc1ccc2c(c1)CC[C@]1(C)C([C@H](C)CO)=CC[C@@H]21. The van der Waals surface area contributed by atoms with Gasteiger partial charge in [-0.15, -0.1) is 0 Å². The number of fused-ring (bicyclic) bond motifs is 3. The van der Waals surface area contributed by atoms with Gasteiger partial charge in [-0.2, -0.15) is 0 Å². The van der Waals surface area contributed by atoms with Crippen LogP contribution < -0.4 is 4.74 Å². The van der Waals surface area contributed by atoms with Gasteiger partial charge >= 0.3 is 0 Å². The molecule has 0 heterocycles. The Balaban J connectivity index is 1.97. The summed E-state index contributed by atoms with van der Waals surface area (Å²) in [4.78, 5) is 0. The molecule has 2 nitrogen and oxygen atoms in total. The molecule has 20 heavy (non-hydrogen) atoms. The Morgan fingerprint density at radius 3 is 2.95 bits per heavy atom. The van der Waals surface area contributed by atoms with Crippen molar-refractivity contribution in [2.45, 2.75) is 39.0 Å². The fraction of sp³-hybridized carbons (Fsp3) is 0.556. The molecular formula is C18H24O2. The first-order chi connectivity index (χ1) is 9.60.